The number of carbonyl (C=O) groups excluding carboxylic acids is 1. The Bertz CT molecular complexity index is 786. The minimum Gasteiger partial charge on any atom is -0.373 e. The molecule has 1 aromatic rings. The van der Waals surface area contributed by atoms with Crippen LogP contribution in [0, 0.1) is 13.8 Å². The van der Waals surface area contributed by atoms with Gasteiger partial charge in [-0.3, -0.25) is 4.79 Å². The van der Waals surface area contributed by atoms with E-state index >= 15 is 0 Å². The van der Waals surface area contributed by atoms with Gasteiger partial charge in [0.15, 0.2) is 0 Å². The average Bonchev–Trinajstić information content (AvgIpc) is 2.98. The van der Waals surface area contributed by atoms with Crippen LogP contribution in [0.25, 0.3) is 0 Å². The van der Waals surface area contributed by atoms with Gasteiger partial charge in [0.1, 0.15) is 5.76 Å². The number of aryl methyl sites for hydroxylation is 2. The van der Waals surface area contributed by atoms with Crippen molar-refractivity contribution in [3.63, 3.8) is 0 Å². The summed E-state index contributed by atoms with van der Waals surface area (Å²) in [4.78, 5) is 14.6. The zero-order valence-electron chi connectivity index (χ0n) is 17.2. The molecule has 3 unspecified atom stereocenters. The summed E-state index contributed by atoms with van der Waals surface area (Å²) >= 11 is 0. The number of rotatable bonds is 4. The van der Waals surface area contributed by atoms with Crippen molar-refractivity contribution in [1.82, 2.24) is 18.7 Å². The number of hydrogen-bond donors (Lipinski definition) is 0. The van der Waals surface area contributed by atoms with E-state index in [4.69, 9.17) is 9.26 Å². The van der Waals surface area contributed by atoms with Crippen molar-refractivity contribution in [2.75, 3.05) is 39.3 Å². The van der Waals surface area contributed by atoms with Gasteiger partial charge in [0, 0.05) is 44.8 Å². The molecule has 28 heavy (non-hydrogen) atoms. The first-order valence-electron chi connectivity index (χ1n) is 9.73. The van der Waals surface area contributed by atoms with Crippen LogP contribution < -0.4 is 0 Å². The molecule has 0 bridgehead atoms. The van der Waals surface area contributed by atoms with Gasteiger partial charge in [0.25, 0.3) is 10.2 Å². The van der Waals surface area contributed by atoms with E-state index in [0.29, 0.717) is 45.0 Å². The molecule has 2 aliphatic heterocycles. The van der Waals surface area contributed by atoms with Crippen LogP contribution >= 0.6 is 0 Å². The highest BCUT2D eigenvalue weighted by atomic mass is 32.2. The van der Waals surface area contributed by atoms with Crippen molar-refractivity contribution >= 4 is 16.1 Å². The van der Waals surface area contributed by atoms with E-state index in [2.05, 4.69) is 5.16 Å². The summed E-state index contributed by atoms with van der Waals surface area (Å²) in [6.45, 7) is 11.3. The summed E-state index contributed by atoms with van der Waals surface area (Å²) in [7, 11) is -3.55. The summed E-state index contributed by atoms with van der Waals surface area (Å²) in [5, 5.41) is 3.92. The lowest BCUT2D eigenvalue weighted by molar-refractivity contribution is -0.133. The molecule has 0 saturated carbocycles. The number of hydrogen-bond acceptors (Lipinski definition) is 6. The van der Waals surface area contributed by atoms with E-state index in [1.54, 1.807) is 11.8 Å². The molecule has 0 N–H and O–H groups in total. The van der Waals surface area contributed by atoms with Crippen LogP contribution in [0.4, 0.5) is 0 Å². The van der Waals surface area contributed by atoms with Gasteiger partial charge in [-0.25, -0.2) is 0 Å². The van der Waals surface area contributed by atoms with Gasteiger partial charge in [-0.1, -0.05) is 5.16 Å². The summed E-state index contributed by atoms with van der Waals surface area (Å²) in [5.41, 5.74) is 1.53. The predicted molar refractivity (Wildman–Crippen MR) is 103 cm³/mol. The van der Waals surface area contributed by atoms with Crippen LogP contribution in [0.5, 0.6) is 0 Å². The molecule has 2 fully saturated rings. The zero-order chi connectivity index (χ0) is 20.6. The van der Waals surface area contributed by atoms with Crippen molar-refractivity contribution in [1.29, 1.82) is 0 Å². The van der Waals surface area contributed by atoms with Gasteiger partial charge in [0.2, 0.25) is 5.91 Å². The maximum Gasteiger partial charge on any atom is 0.282 e. The first-order valence-corrected chi connectivity index (χ1v) is 11.1. The molecule has 9 nitrogen and oxygen atoms in total. The van der Waals surface area contributed by atoms with Crippen LogP contribution in [0.15, 0.2) is 4.52 Å². The van der Waals surface area contributed by atoms with Crippen LogP contribution in [-0.4, -0.2) is 84.5 Å². The Morgan fingerprint density at radius 3 is 2.14 bits per heavy atom. The highest BCUT2D eigenvalue weighted by Crippen LogP contribution is 2.26. The first kappa shape index (κ1) is 21.2. The second-order valence-electron chi connectivity index (χ2n) is 7.77. The lowest BCUT2D eigenvalue weighted by Crippen LogP contribution is -2.58. The third kappa shape index (κ3) is 4.10. The van der Waals surface area contributed by atoms with Gasteiger partial charge >= 0.3 is 0 Å². The van der Waals surface area contributed by atoms with Gasteiger partial charge in [0.05, 0.1) is 23.8 Å². The normalized spacial score (nSPS) is 26.4. The minimum atomic E-state index is -3.55. The Morgan fingerprint density at radius 1 is 1.07 bits per heavy atom. The molecule has 2 aliphatic rings. The average molecular weight is 415 g/mol. The Labute approximate surface area is 166 Å². The highest BCUT2D eigenvalue weighted by molar-refractivity contribution is 7.86. The Balaban J connectivity index is 1.63. The molecule has 0 aromatic carbocycles. The maximum atomic E-state index is 13.0. The quantitative estimate of drug-likeness (QED) is 0.726. The van der Waals surface area contributed by atoms with Crippen LogP contribution in [0.1, 0.15) is 43.7 Å². The summed E-state index contributed by atoms with van der Waals surface area (Å²) in [6, 6.07) is 0. The number of piperazine rings is 1. The Morgan fingerprint density at radius 2 is 1.64 bits per heavy atom. The van der Waals surface area contributed by atoms with Crippen molar-refractivity contribution in [3.8, 4) is 0 Å². The second-order valence-corrected chi connectivity index (χ2v) is 9.69. The lowest BCUT2D eigenvalue weighted by Gasteiger charge is -2.40. The molecule has 3 atom stereocenters. The van der Waals surface area contributed by atoms with E-state index in [9.17, 15) is 13.2 Å². The summed E-state index contributed by atoms with van der Waals surface area (Å²) in [5.74, 6) is 0.255. The van der Waals surface area contributed by atoms with E-state index in [1.807, 2.05) is 27.7 Å². The third-order valence-corrected chi connectivity index (χ3v) is 7.45. The molecular formula is C18H30N4O5S. The number of morpholine rings is 1. The largest absolute Gasteiger partial charge is 0.373 e. The molecule has 1 amide bonds. The lowest BCUT2D eigenvalue weighted by atomic mass is 9.98. The molecule has 0 spiro atoms. The smallest absolute Gasteiger partial charge is 0.282 e. The van der Waals surface area contributed by atoms with Gasteiger partial charge < -0.3 is 14.2 Å². The number of carbonyl (C=O) groups is 1. The molecule has 10 heteroatoms. The van der Waals surface area contributed by atoms with Crippen molar-refractivity contribution < 1.29 is 22.5 Å². The SMILES string of the molecule is Cc1noc(C)c1C(C)C(=O)N1CCN(S(=O)(=O)N2CC(C)OC(C)C2)CC1. The van der Waals surface area contributed by atoms with Crippen molar-refractivity contribution in [2.24, 2.45) is 0 Å². The summed E-state index contributed by atoms with van der Waals surface area (Å²) < 4.78 is 39.8. The molecule has 158 valence electrons. The van der Waals surface area contributed by atoms with Crippen LogP contribution in [-0.2, 0) is 19.7 Å². The zero-order valence-corrected chi connectivity index (χ0v) is 18.0. The van der Waals surface area contributed by atoms with Crippen LogP contribution in [0.3, 0.4) is 0 Å². The van der Waals surface area contributed by atoms with E-state index < -0.39 is 10.2 Å². The van der Waals surface area contributed by atoms with E-state index in [-0.39, 0.29) is 24.0 Å². The van der Waals surface area contributed by atoms with Gasteiger partial charge in [-0.15, -0.1) is 0 Å². The molecule has 0 radical (unpaired) electrons. The van der Waals surface area contributed by atoms with Gasteiger partial charge in [-0.05, 0) is 34.6 Å². The summed E-state index contributed by atoms with van der Waals surface area (Å²) in [6.07, 6.45) is -0.255. The standard InChI is InChI=1S/C18H30N4O5S/c1-12-10-22(11-13(2)26-12)28(24,25)21-8-6-20(7-9-21)18(23)14(3)17-15(4)19-27-16(17)5/h12-14H,6-11H2,1-5H3. The molecule has 3 rings (SSSR count). The van der Waals surface area contributed by atoms with Crippen LogP contribution in [0.2, 0.25) is 0 Å². The number of ether oxygens (including phenoxy) is 1. The topological polar surface area (TPSA) is 96.2 Å². The molecule has 3 heterocycles. The molecular weight excluding hydrogens is 384 g/mol. The van der Waals surface area contributed by atoms with Crippen molar-refractivity contribution in [3.05, 3.63) is 17.0 Å². The van der Waals surface area contributed by atoms with E-state index in [0.717, 1.165) is 11.3 Å². The molecule has 1 aromatic heterocycles. The minimum absolute atomic E-state index is 0.0277. The number of aromatic nitrogens is 1. The first-order chi connectivity index (χ1) is 13.1. The number of amides is 1. The second kappa shape index (κ2) is 8.10. The fourth-order valence-corrected chi connectivity index (χ4v) is 5.88. The Hall–Kier alpha value is -1.49. The molecule has 2 saturated heterocycles. The predicted octanol–water partition coefficient (Wildman–Crippen LogP) is 0.893. The third-order valence-electron chi connectivity index (χ3n) is 5.48. The Kier molecular flexibility index (Phi) is 6.14. The fourth-order valence-electron chi connectivity index (χ4n) is 4.13. The monoisotopic (exact) mass is 414 g/mol. The maximum absolute atomic E-state index is 13.0. The highest BCUT2D eigenvalue weighted by Gasteiger charge is 2.38. The van der Waals surface area contributed by atoms with E-state index in [1.165, 1.54) is 8.61 Å². The molecule has 0 aliphatic carbocycles. The van der Waals surface area contributed by atoms with Crippen molar-refractivity contribution in [2.45, 2.75) is 52.7 Å². The number of nitrogens with zero attached hydrogens (tertiary/aromatic N) is 4. The van der Waals surface area contributed by atoms with Gasteiger partial charge in [-0.2, -0.15) is 17.0 Å². The fraction of sp³-hybridized carbons (Fsp3) is 0.778.